The van der Waals surface area contributed by atoms with Crippen molar-refractivity contribution in [2.24, 2.45) is 10.7 Å². The number of ether oxygens (including phenoxy) is 1. The van der Waals surface area contributed by atoms with E-state index >= 15 is 0 Å². The molecule has 1 aliphatic heterocycles. The third-order valence-electron chi connectivity index (χ3n) is 2.97. The second-order valence-corrected chi connectivity index (χ2v) is 4.02. The Hall–Kier alpha value is -0.770. The van der Waals surface area contributed by atoms with Gasteiger partial charge in [0.15, 0.2) is 5.96 Å². The van der Waals surface area contributed by atoms with Gasteiger partial charge in [0, 0.05) is 13.1 Å². The molecule has 0 spiro atoms. The van der Waals surface area contributed by atoms with E-state index in [2.05, 4.69) is 9.89 Å². The van der Waals surface area contributed by atoms with E-state index in [9.17, 15) is 0 Å². The molecule has 4 heteroatoms. The molecule has 2 rings (SSSR count). The minimum Gasteiger partial charge on any atom is -0.378 e. The van der Waals surface area contributed by atoms with E-state index in [1.54, 1.807) is 0 Å². The third kappa shape index (κ3) is 2.38. The predicted molar refractivity (Wildman–Crippen MR) is 56.3 cm³/mol. The molecule has 1 saturated carbocycles. The second-order valence-electron chi connectivity index (χ2n) is 4.02. The Morgan fingerprint density at radius 2 is 1.86 bits per heavy atom. The summed E-state index contributed by atoms with van der Waals surface area (Å²) >= 11 is 0. The fourth-order valence-corrected chi connectivity index (χ4v) is 2.09. The molecule has 1 saturated heterocycles. The largest absolute Gasteiger partial charge is 0.378 e. The van der Waals surface area contributed by atoms with Gasteiger partial charge >= 0.3 is 0 Å². The topological polar surface area (TPSA) is 50.8 Å². The normalized spacial score (nSPS) is 25.7. The molecule has 4 nitrogen and oxygen atoms in total. The first-order chi connectivity index (χ1) is 6.86. The standard InChI is InChI=1S/C10H19N3O/c11-10(12-9-3-1-2-4-9)13-5-7-14-8-6-13/h9H,1-8H2,(H2,11,12). The van der Waals surface area contributed by atoms with Crippen molar-refractivity contribution in [3.05, 3.63) is 0 Å². The van der Waals surface area contributed by atoms with Crippen LogP contribution in [0.5, 0.6) is 0 Å². The molecule has 0 aromatic carbocycles. The molecule has 0 unspecified atom stereocenters. The van der Waals surface area contributed by atoms with Crippen LogP contribution in [-0.4, -0.2) is 43.2 Å². The van der Waals surface area contributed by atoms with E-state index < -0.39 is 0 Å². The molecule has 14 heavy (non-hydrogen) atoms. The zero-order valence-electron chi connectivity index (χ0n) is 8.61. The van der Waals surface area contributed by atoms with Gasteiger partial charge in [-0.05, 0) is 12.8 Å². The zero-order chi connectivity index (χ0) is 9.80. The predicted octanol–water partition coefficient (Wildman–Crippen LogP) is 0.576. The van der Waals surface area contributed by atoms with E-state index in [1.165, 1.54) is 25.7 Å². The average molecular weight is 197 g/mol. The lowest BCUT2D eigenvalue weighted by atomic mass is 10.3. The summed E-state index contributed by atoms with van der Waals surface area (Å²) in [5.74, 6) is 0.722. The molecule has 2 aliphatic rings. The number of hydrogen-bond acceptors (Lipinski definition) is 2. The monoisotopic (exact) mass is 197 g/mol. The Bertz CT molecular complexity index is 205. The lowest BCUT2D eigenvalue weighted by Crippen LogP contribution is -2.45. The number of aliphatic imine (C=N–C) groups is 1. The first-order valence-corrected chi connectivity index (χ1v) is 5.52. The van der Waals surface area contributed by atoms with Crippen molar-refractivity contribution in [3.8, 4) is 0 Å². The van der Waals surface area contributed by atoms with Crippen LogP contribution in [0.25, 0.3) is 0 Å². The van der Waals surface area contributed by atoms with Crippen LogP contribution in [0.15, 0.2) is 4.99 Å². The Kier molecular flexibility index (Phi) is 3.24. The average Bonchev–Trinajstić information content (AvgIpc) is 2.72. The molecule has 0 bridgehead atoms. The van der Waals surface area contributed by atoms with Crippen LogP contribution < -0.4 is 5.73 Å². The molecular formula is C10H19N3O. The fourth-order valence-electron chi connectivity index (χ4n) is 2.09. The van der Waals surface area contributed by atoms with Gasteiger partial charge in [-0.25, -0.2) is 4.99 Å². The number of nitrogens with two attached hydrogens (primary N) is 1. The highest BCUT2D eigenvalue weighted by atomic mass is 16.5. The van der Waals surface area contributed by atoms with Crippen LogP contribution in [0.4, 0.5) is 0 Å². The molecule has 2 fully saturated rings. The Balaban J connectivity index is 1.87. The summed E-state index contributed by atoms with van der Waals surface area (Å²) in [5, 5.41) is 0. The van der Waals surface area contributed by atoms with Crippen molar-refractivity contribution in [1.82, 2.24) is 4.90 Å². The zero-order valence-corrected chi connectivity index (χ0v) is 8.61. The van der Waals surface area contributed by atoms with Gasteiger partial charge in [0.25, 0.3) is 0 Å². The van der Waals surface area contributed by atoms with E-state index in [0.29, 0.717) is 6.04 Å². The molecule has 80 valence electrons. The van der Waals surface area contributed by atoms with Crippen molar-refractivity contribution < 1.29 is 4.74 Å². The number of morpholine rings is 1. The van der Waals surface area contributed by atoms with Crippen LogP contribution in [-0.2, 0) is 4.74 Å². The molecule has 0 aromatic rings. The second kappa shape index (κ2) is 4.64. The van der Waals surface area contributed by atoms with Gasteiger partial charge in [-0.1, -0.05) is 12.8 Å². The smallest absolute Gasteiger partial charge is 0.191 e. The van der Waals surface area contributed by atoms with Crippen molar-refractivity contribution >= 4 is 5.96 Å². The summed E-state index contributed by atoms with van der Waals surface area (Å²) in [6.45, 7) is 3.34. The van der Waals surface area contributed by atoms with Crippen LogP contribution in [0.2, 0.25) is 0 Å². The lowest BCUT2D eigenvalue weighted by Gasteiger charge is -2.28. The minimum absolute atomic E-state index is 0.484. The number of rotatable bonds is 1. The Labute approximate surface area is 85.1 Å². The third-order valence-corrected chi connectivity index (χ3v) is 2.97. The number of guanidine groups is 1. The van der Waals surface area contributed by atoms with E-state index in [4.69, 9.17) is 10.5 Å². The maximum Gasteiger partial charge on any atom is 0.191 e. The summed E-state index contributed by atoms with van der Waals surface area (Å²) in [5.41, 5.74) is 5.95. The molecule has 1 aliphatic carbocycles. The quantitative estimate of drug-likeness (QED) is 0.494. The Morgan fingerprint density at radius 3 is 2.50 bits per heavy atom. The highest BCUT2D eigenvalue weighted by molar-refractivity contribution is 5.78. The van der Waals surface area contributed by atoms with E-state index in [1.807, 2.05) is 0 Å². The lowest BCUT2D eigenvalue weighted by molar-refractivity contribution is 0.0673. The molecule has 0 amide bonds. The number of hydrogen-bond donors (Lipinski definition) is 1. The molecule has 0 radical (unpaired) electrons. The molecule has 2 N–H and O–H groups in total. The van der Waals surface area contributed by atoms with Gasteiger partial charge in [0.2, 0.25) is 0 Å². The maximum absolute atomic E-state index is 5.95. The summed E-state index contributed by atoms with van der Waals surface area (Å²) < 4.78 is 5.27. The van der Waals surface area contributed by atoms with Crippen LogP contribution >= 0.6 is 0 Å². The van der Waals surface area contributed by atoms with Gasteiger partial charge < -0.3 is 15.4 Å². The van der Waals surface area contributed by atoms with Crippen LogP contribution in [0.3, 0.4) is 0 Å². The first kappa shape index (κ1) is 9.77. The molecule has 0 atom stereocenters. The SMILES string of the molecule is NC(=NC1CCCC1)N1CCOCC1. The van der Waals surface area contributed by atoms with Crippen LogP contribution in [0, 0.1) is 0 Å². The van der Waals surface area contributed by atoms with Crippen LogP contribution in [0.1, 0.15) is 25.7 Å². The summed E-state index contributed by atoms with van der Waals surface area (Å²) in [4.78, 5) is 6.69. The first-order valence-electron chi connectivity index (χ1n) is 5.52. The minimum atomic E-state index is 0.484. The summed E-state index contributed by atoms with van der Waals surface area (Å²) in [6.07, 6.45) is 5.05. The summed E-state index contributed by atoms with van der Waals surface area (Å²) in [7, 11) is 0. The van der Waals surface area contributed by atoms with Crippen molar-refractivity contribution in [1.29, 1.82) is 0 Å². The molecular weight excluding hydrogens is 178 g/mol. The van der Waals surface area contributed by atoms with Gasteiger partial charge in [0.05, 0.1) is 19.3 Å². The summed E-state index contributed by atoms with van der Waals surface area (Å²) in [6, 6.07) is 0.484. The van der Waals surface area contributed by atoms with E-state index in [-0.39, 0.29) is 0 Å². The van der Waals surface area contributed by atoms with Crippen molar-refractivity contribution in [3.63, 3.8) is 0 Å². The van der Waals surface area contributed by atoms with Gasteiger partial charge in [0.1, 0.15) is 0 Å². The Morgan fingerprint density at radius 1 is 1.21 bits per heavy atom. The van der Waals surface area contributed by atoms with Crippen molar-refractivity contribution in [2.75, 3.05) is 26.3 Å². The van der Waals surface area contributed by atoms with Crippen molar-refractivity contribution in [2.45, 2.75) is 31.7 Å². The molecule has 1 heterocycles. The molecule has 0 aromatic heterocycles. The van der Waals surface area contributed by atoms with Gasteiger partial charge in [-0.3, -0.25) is 0 Å². The highest BCUT2D eigenvalue weighted by Crippen LogP contribution is 2.20. The highest BCUT2D eigenvalue weighted by Gasteiger charge is 2.17. The van der Waals surface area contributed by atoms with Gasteiger partial charge in [-0.15, -0.1) is 0 Å². The van der Waals surface area contributed by atoms with E-state index in [0.717, 1.165) is 32.3 Å². The maximum atomic E-state index is 5.95. The number of nitrogens with zero attached hydrogens (tertiary/aromatic N) is 2. The fraction of sp³-hybridized carbons (Fsp3) is 0.900. The van der Waals surface area contributed by atoms with Gasteiger partial charge in [-0.2, -0.15) is 0 Å².